The van der Waals surface area contributed by atoms with Crippen molar-refractivity contribution in [3.8, 4) is 0 Å². The molecular formula is C29H33N7O2. The van der Waals surface area contributed by atoms with E-state index in [9.17, 15) is 9.90 Å². The number of aryl methyl sites for hydroxylation is 1. The van der Waals surface area contributed by atoms with Gasteiger partial charge in [-0.15, -0.1) is 6.58 Å². The van der Waals surface area contributed by atoms with E-state index in [1.54, 1.807) is 13.0 Å². The third-order valence-electron chi connectivity index (χ3n) is 7.85. The van der Waals surface area contributed by atoms with Crippen LogP contribution in [0.3, 0.4) is 0 Å². The summed E-state index contributed by atoms with van der Waals surface area (Å²) in [5, 5.41) is 23.7. The van der Waals surface area contributed by atoms with Crippen LogP contribution >= 0.6 is 0 Å². The average molecular weight is 512 g/mol. The summed E-state index contributed by atoms with van der Waals surface area (Å²) in [6.45, 7) is 7.67. The molecule has 1 saturated carbocycles. The molecule has 3 aliphatic rings. The maximum absolute atomic E-state index is 12.9. The highest BCUT2D eigenvalue weighted by atomic mass is 16.3. The molecule has 1 fully saturated rings. The molecule has 0 unspecified atom stereocenters. The van der Waals surface area contributed by atoms with Gasteiger partial charge in [-0.3, -0.25) is 4.79 Å². The molecule has 9 heteroatoms. The standard InChI is InChI=1S/C29H33N7O2/c1-3-13-31-26(37)21-16-32-27(33-20-7-8-22-19(14-20)15-30-17-29(22)11-12-29)36-25(21)35-23-9-6-18-5-4-10-28(2,38)24(18)34-23/h3,6-9,14,16,30,38H,1,4-5,10-13,15,17H2,2H3,(H,31,37)(H2,32,33,34,35,36)/t28-/m0/s1. The molecule has 1 atom stereocenters. The number of carbonyl (C=O) groups is 1. The number of rotatable bonds is 7. The molecule has 38 heavy (non-hydrogen) atoms. The van der Waals surface area contributed by atoms with Gasteiger partial charge in [0.1, 0.15) is 22.8 Å². The Morgan fingerprint density at radius 3 is 2.84 bits per heavy atom. The molecule has 0 saturated heterocycles. The number of hydrogen-bond acceptors (Lipinski definition) is 8. The highest BCUT2D eigenvalue weighted by molar-refractivity contribution is 5.99. The van der Waals surface area contributed by atoms with Crippen LogP contribution in [-0.2, 0) is 24.0 Å². The third kappa shape index (κ3) is 4.63. The number of pyridine rings is 1. The van der Waals surface area contributed by atoms with Crippen molar-refractivity contribution in [1.29, 1.82) is 0 Å². The Kier molecular flexibility index (Phi) is 6.12. The lowest BCUT2D eigenvalue weighted by atomic mass is 9.84. The van der Waals surface area contributed by atoms with Crippen molar-refractivity contribution in [2.75, 3.05) is 23.7 Å². The number of carbonyl (C=O) groups excluding carboxylic acids is 1. The molecule has 1 aliphatic heterocycles. The van der Waals surface area contributed by atoms with Crippen LogP contribution in [-0.4, -0.2) is 39.1 Å². The highest BCUT2D eigenvalue weighted by Crippen LogP contribution is 2.50. The van der Waals surface area contributed by atoms with Gasteiger partial charge in [0.25, 0.3) is 5.91 Å². The molecule has 1 amide bonds. The van der Waals surface area contributed by atoms with Crippen LogP contribution < -0.4 is 21.3 Å². The van der Waals surface area contributed by atoms with Crippen LogP contribution in [0.2, 0.25) is 0 Å². The summed E-state index contributed by atoms with van der Waals surface area (Å²) in [5.74, 6) is 0.868. The van der Waals surface area contributed by atoms with Gasteiger partial charge in [0, 0.05) is 36.9 Å². The summed E-state index contributed by atoms with van der Waals surface area (Å²) < 4.78 is 0. The summed E-state index contributed by atoms with van der Waals surface area (Å²) in [5.41, 5.74) is 4.93. The SMILES string of the molecule is C=CCNC(=O)c1cnc(Nc2ccc3c(c2)CNCC32CC2)nc1Nc1ccc2c(n1)[C@@](C)(O)CCC2. The van der Waals surface area contributed by atoms with E-state index in [1.165, 1.54) is 30.2 Å². The van der Waals surface area contributed by atoms with Gasteiger partial charge in [-0.05, 0) is 73.9 Å². The minimum Gasteiger partial charge on any atom is -0.384 e. The van der Waals surface area contributed by atoms with Gasteiger partial charge in [-0.2, -0.15) is 4.98 Å². The summed E-state index contributed by atoms with van der Waals surface area (Å²) in [6, 6.07) is 10.3. The smallest absolute Gasteiger partial charge is 0.256 e. The molecule has 2 aliphatic carbocycles. The number of benzene rings is 1. The normalized spacial score (nSPS) is 20.7. The fraction of sp³-hybridized carbons (Fsp3) is 0.379. The predicted molar refractivity (Wildman–Crippen MR) is 147 cm³/mol. The second-order valence-corrected chi connectivity index (χ2v) is 10.8. The molecule has 5 N–H and O–H groups in total. The van der Waals surface area contributed by atoms with Gasteiger partial charge in [-0.25, -0.2) is 9.97 Å². The highest BCUT2D eigenvalue weighted by Gasteiger charge is 2.46. The van der Waals surface area contributed by atoms with Crippen LogP contribution in [0, 0.1) is 0 Å². The second kappa shape index (κ2) is 9.49. The van der Waals surface area contributed by atoms with Crippen LogP contribution in [0.4, 0.5) is 23.3 Å². The maximum Gasteiger partial charge on any atom is 0.256 e. The van der Waals surface area contributed by atoms with Crippen LogP contribution in [0.5, 0.6) is 0 Å². The van der Waals surface area contributed by atoms with Crippen LogP contribution in [0.15, 0.2) is 49.2 Å². The molecule has 196 valence electrons. The molecule has 6 rings (SSSR count). The Morgan fingerprint density at radius 1 is 1.16 bits per heavy atom. The molecule has 1 aromatic carbocycles. The van der Waals surface area contributed by atoms with Crippen molar-refractivity contribution in [2.45, 2.75) is 56.6 Å². The first-order chi connectivity index (χ1) is 18.4. The molecule has 3 heterocycles. The van der Waals surface area contributed by atoms with Crippen molar-refractivity contribution in [3.05, 3.63) is 77.1 Å². The van der Waals surface area contributed by atoms with Gasteiger partial charge in [0.05, 0.1) is 5.69 Å². The summed E-state index contributed by atoms with van der Waals surface area (Å²) in [7, 11) is 0. The van der Waals surface area contributed by atoms with Crippen molar-refractivity contribution < 1.29 is 9.90 Å². The number of nitrogens with zero attached hydrogens (tertiary/aromatic N) is 3. The van der Waals surface area contributed by atoms with Crippen molar-refractivity contribution in [2.24, 2.45) is 0 Å². The first kappa shape index (κ1) is 24.5. The third-order valence-corrected chi connectivity index (χ3v) is 7.85. The quantitative estimate of drug-likeness (QED) is 0.302. The summed E-state index contributed by atoms with van der Waals surface area (Å²) >= 11 is 0. The Balaban J connectivity index is 1.30. The molecule has 3 aromatic rings. The molecule has 9 nitrogen and oxygen atoms in total. The Labute approximate surface area is 222 Å². The van der Waals surface area contributed by atoms with Crippen LogP contribution in [0.25, 0.3) is 0 Å². The Hall–Kier alpha value is -3.82. The molecule has 0 bridgehead atoms. The first-order valence-electron chi connectivity index (χ1n) is 13.2. The molecule has 0 radical (unpaired) electrons. The van der Waals surface area contributed by atoms with Crippen LogP contribution in [0.1, 0.15) is 65.3 Å². The number of fused-ring (bicyclic) bond motifs is 3. The van der Waals surface area contributed by atoms with E-state index < -0.39 is 5.60 Å². The number of aromatic nitrogens is 3. The molecule has 2 aromatic heterocycles. The number of aliphatic hydroxyl groups is 1. The largest absolute Gasteiger partial charge is 0.384 e. The van der Waals surface area contributed by atoms with E-state index in [0.29, 0.717) is 41.7 Å². The van der Waals surface area contributed by atoms with Gasteiger partial charge in [0.2, 0.25) is 5.95 Å². The average Bonchev–Trinajstić information content (AvgIpc) is 3.67. The Morgan fingerprint density at radius 2 is 2.03 bits per heavy atom. The van der Waals surface area contributed by atoms with Gasteiger partial charge < -0.3 is 26.4 Å². The summed E-state index contributed by atoms with van der Waals surface area (Å²) in [6.07, 6.45) is 8.05. The second-order valence-electron chi connectivity index (χ2n) is 10.8. The molecule has 1 spiro atoms. The zero-order valence-corrected chi connectivity index (χ0v) is 21.6. The van der Waals surface area contributed by atoms with Gasteiger partial charge in [0.15, 0.2) is 0 Å². The van der Waals surface area contributed by atoms with Crippen molar-refractivity contribution >= 4 is 29.2 Å². The van der Waals surface area contributed by atoms with Crippen molar-refractivity contribution in [1.82, 2.24) is 25.6 Å². The lowest BCUT2D eigenvalue weighted by Gasteiger charge is -2.30. The lowest BCUT2D eigenvalue weighted by molar-refractivity contribution is 0.0341. The fourth-order valence-electron chi connectivity index (χ4n) is 5.64. The van der Waals surface area contributed by atoms with E-state index in [4.69, 9.17) is 4.98 Å². The monoisotopic (exact) mass is 511 g/mol. The topological polar surface area (TPSA) is 124 Å². The number of anilines is 4. The molecular weight excluding hydrogens is 478 g/mol. The van der Waals surface area contributed by atoms with Crippen molar-refractivity contribution in [3.63, 3.8) is 0 Å². The number of amides is 1. The Bertz CT molecular complexity index is 1410. The summed E-state index contributed by atoms with van der Waals surface area (Å²) in [4.78, 5) is 26.7. The van der Waals surface area contributed by atoms with Gasteiger partial charge in [-0.1, -0.05) is 18.2 Å². The lowest BCUT2D eigenvalue weighted by Crippen LogP contribution is -2.33. The zero-order valence-electron chi connectivity index (χ0n) is 21.6. The minimum atomic E-state index is -0.992. The van der Waals surface area contributed by atoms with E-state index in [0.717, 1.165) is 37.2 Å². The first-order valence-corrected chi connectivity index (χ1v) is 13.2. The van der Waals surface area contributed by atoms with E-state index >= 15 is 0 Å². The van der Waals surface area contributed by atoms with E-state index in [-0.39, 0.29) is 11.5 Å². The van der Waals surface area contributed by atoms with E-state index in [1.807, 2.05) is 12.1 Å². The van der Waals surface area contributed by atoms with E-state index in [2.05, 4.69) is 56.0 Å². The minimum absolute atomic E-state index is 0.286. The maximum atomic E-state index is 12.9. The van der Waals surface area contributed by atoms with Gasteiger partial charge >= 0.3 is 0 Å². The number of hydrogen-bond donors (Lipinski definition) is 5. The fourth-order valence-corrected chi connectivity index (χ4v) is 5.64. The predicted octanol–water partition coefficient (Wildman–Crippen LogP) is 3.95. The zero-order chi connectivity index (χ0) is 26.3. The number of nitrogens with one attached hydrogen (secondary N) is 4.